The first-order chi connectivity index (χ1) is 13.9. The molecule has 6 nitrogen and oxygen atoms in total. The lowest BCUT2D eigenvalue weighted by Gasteiger charge is -2.25. The third-order valence-electron chi connectivity index (χ3n) is 4.80. The first kappa shape index (κ1) is 20.3. The Morgan fingerprint density at radius 1 is 1.17 bits per heavy atom. The molecule has 0 aliphatic carbocycles. The molecule has 7 heteroatoms. The van der Waals surface area contributed by atoms with Gasteiger partial charge in [0.15, 0.2) is 0 Å². The van der Waals surface area contributed by atoms with Gasteiger partial charge in [0.2, 0.25) is 0 Å². The molecular formula is C22H22FN3O3. The van der Waals surface area contributed by atoms with Crippen LogP contribution >= 0.6 is 0 Å². The number of pyridine rings is 1. The highest BCUT2D eigenvalue weighted by Crippen LogP contribution is 2.20. The van der Waals surface area contributed by atoms with E-state index in [4.69, 9.17) is 4.42 Å². The standard InChI is InChI=1S/C22H22FN3O3/c1-14-12-29-13-20(14)22(28)26(3)15(2)9-25-21(27)18-8-17(10-24-11-18)16-4-6-19(23)7-5-16/h4-8,10-13,15H,9H2,1-3H3,(H,25,27)/t15-/m1/s1. The highest BCUT2D eigenvalue weighted by molar-refractivity contribution is 5.96. The summed E-state index contributed by atoms with van der Waals surface area (Å²) >= 11 is 0. The number of hydrogen-bond donors (Lipinski definition) is 1. The first-order valence-corrected chi connectivity index (χ1v) is 9.16. The van der Waals surface area contributed by atoms with Gasteiger partial charge < -0.3 is 14.6 Å². The number of carbonyl (C=O) groups excluding carboxylic acids is 2. The molecule has 0 fully saturated rings. The molecule has 2 amide bonds. The van der Waals surface area contributed by atoms with Gasteiger partial charge in [-0.2, -0.15) is 0 Å². The van der Waals surface area contributed by atoms with Crippen molar-refractivity contribution in [3.8, 4) is 11.1 Å². The summed E-state index contributed by atoms with van der Waals surface area (Å²) in [5.41, 5.74) is 3.14. The molecule has 0 bridgehead atoms. The molecule has 0 radical (unpaired) electrons. The number of rotatable bonds is 6. The fourth-order valence-electron chi connectivity index (χ4n) is 2.81. The summed E-state index contributed by atoms with van der Waals surface area (Å²) in [6.45, 7) is 3.93. The Labute approximate surface area is 168 Å². The molecular weight excluding hydrogens is 373 g/mol. The lowest BCUT2D eigenvalue weighted by Crippen LogP contribution is -2.43. The van der Waals surface area contributed by atoms with Gasteiger partial charge >= 0.3 is 0 Å². The summed E-state index contributed by atoms with van der Waals surface area (Å²) < 4.78 is 18.2. The molecule has 2 aromatic heterocycles. The molecule has 1 atom stereocenters. The van der Waals surface area contributed by atoms with Gasteiger partial charge in [0.05, 0.1) is 17.4 Å². The van der Waals surface area contributed by atoms with Crippen LogP contribution in [0.2, 0.25) is 0 Å². The highest BCUT2D eigenvalue weighted by Gasteiger charge is 2.21. The smallest absolute Gasteiger partial charge is 0.257 e. The summed E-state index contributed by atoms with van der Waals surface area (Å²) in [6, 6.07) is 7.46. The molecule has 0 unspecified atom stereocenters. The summed E-state index contributed by atoms with van der Waals surface area (Å²) in [4.78, 5) is 30.7. The summed E-state index contributed by atoms with van der Waals surface area (Å²) in [5.74, 6) is -0.791. The van der Waals surface area contributed by atoms with Crippen molar-refractivity contribution >= 4 is 11.8 Å². The predicted molar refractivity (Wildman–Crippen MR) is 107 cm³/mol. The van der Waals surface area contributed by atoms with Crippen LogP contribution in [0.3, 0.4) is 0 Å². The van der Waals surface area contributed by atoms with Crippen molar-refractivity contribution in [2.45, 2.75) is 19.9 Å². The molecule has 0 aliphatic heterocycles. The van der Waals surface area contributed by atoms with E-state index in [0.717, 1.165) is 11.1 Å². The Kier molecular flexibility index (Phi) is 6.07. The zero-order chi connectivity index (χ0) is 21.0. The number of carbonyl (C=O) groups is 2. The largest absolute Gasteiger partial charge is 0.471 e. The molecule has 3 aromatic rings. The first-order valence-electron chi connectivity index (χ1n) is 9.16. The Morgan fingerprint density at radius 3 is 2.55 bits per heavy atom. The van der Waals surface area contributed by atoms with Crippen LogP contribution in [0.5, 0.6) is 0 Å². The maximum atomic E-state index is 13.1. The number of halogens is 1. The molecule has 150 valence electrons. The number of hydrogen-bond acceptors (Lipinski definition) is 4. The number of aryl methyl sites for hydroxylation is 1. The van der Waals surface area contributed by atoms with Crippen LogP contribution < -0.4 is 5.32 Å². The Balaban J connectivity index is 1.63. The quantitative estimate of drug-likeness (QED) is 0.691. The average Bonchev–Trinajstić information content (AvgIpc) is 3.17. The molecule has 1 N–H and O–H groups in total. The van der Waals surface area contributed by atoms with E-state index in [2.05, 4.69) is 10.3 Å². The number of benzene rings is 1. The third-order valence-corrected chi connectivity index (χ3v) is 4.80. The van der Waals surface area contributed by atoms with Crippen molar-refractivity contribution in [1.29, 1.82) is 0 Å². The van der Waals surface area contributed by atoms with Crippen molar-refractivity contribution in [3.05, 3.63) is 77.8 Å². The number of nitrogens with one attached hydrogen (secondary N) is 1. The van der Waals surface area contributed by atoms with E-state index >= 15 is 0 Å². The SMILES string of the molecule is Cc1cocc1C(=O)N(C)[C@H](C)CNC(=O)c1cncc(-c2ccc(F)cc2)c1. The van der Waals surface area contributed by atoms with Gasteiger partial charge in [-0.1, -0.05) is 12.1 Å². The van der Waals surface area contributed by atoms with Gasteiger partial charge in [-0.25, -0.2) is 4.39 Å². The van der Waals surface area contributed by atoms with E-state index in [1.165, 1.54) is 30.9 Å². The minimum Gasteiger partial charge on any atom is -0.471 e. The molecule has 0 saturated heterocycles. The normalized spacial score (nSPS) is 11.7. The van der Waals surface area contributed by atoms with Gasteiger partial charge in [-0.15, -0.1) is 0 Å². The van der Waals surface area contributed by atoms with Crippen LogP contribution in [0.25, 0.3) is 11.1 Å². The van der Waals surface area contributed by atoms with Crippen LogP contribution in [0.4, 0.5) is 4.39 Å². The molecule has 2 heterocycles. The molecule has 29 heavy (non-hydrogen) atoms. The van der Waals surface area contributed by atoms with Crippen LogP contribution in [0.1, 0.15) is 33.2 Å². The minimum absolute atomic E-state index is 0.169. The zero-order valence-corrected chi connectivity index (χ0v) is 16.5. The second-order valence-electron chi connectivity index (χ2n) is 6.91. The number of aromatic nitrogens is 1. The highest BCUT2D eigenvalue weighted by atomic mass is 19.1. The van der Waals surface area contributed by atoms with Crippen LogP contribution in [0, 0.1) is 12.7 Å². The maximum Gasteiger partial charge on any atom is 0.257 e. The number of amides is 2. The number of nitrogens with zero attached hydrogens (tertiary/aromatic N) is 2. The van der Waals surface area contributed by atoms with Gasteiger partial charge in [0.1, 0.15) is 12.1 Å². The molecule has 0 aliphatic rings. The van der Waals surface area contributed by atoms with E-state index in [1.807, 2.05) is 6.92 Å². The third kappa shape index (κ3) is 4.68. The fraction of sp³-hybridized carbons (Fsp3) is 0.227. The van der Waals surface area contributed by atoms with E-state index in [-0.39, 0.29) is 30.2 Å². The van der Waals surface area contributed by atoms with E-state index in [9.17, 15) is 14.0 Å². The van der Waals surface area contributed by atoms with E-state index in [0.29, 0.717) is 16.7 Å². The second kappa shape index (κ2) is 8.68. The predicted octanol–water partition coefficient (Wildman–Crippen LogP) is 3.68. The lowest BCUT2D eigenvalue weighted by atomic mass is 10.1. The fourth-order valence-corrected chi connectivity index (χ4v) is 2.81. The van der Waals surface area contributed by atoms with Gasteiger partial charge in [-0.3, -0.25) is 14.6 Å². The van der Waals surface area contributed by atoms with Gasteiger partial charge in [0.25, 0.3) is 11.8 Å². The Hall–Kier alpha value is -3.48. The maximum absolute atomic E-state index is 13.1. The monoisotopic (exact) mass is 395 g/mol. The van der Waals surface area contributed by atoms with Crippen molar-refractivity contribution in [1.82, 2.24) is 15.2 Å². The van der Waals surface area contributed by atoms with Gasteiger partial charge in [-0.05, 0) is 43.2 Å². The Morgan fingerprint density at radius 2 is 1.90 bits per heavy atom. The number of furan rings is 1. The van der Waals surface area contributed by atoms with Crippen molar-refractivity contribution < 1.29 is 18.4 Å². The molecule has 3 rings (SSSR count). The number of likely N-dealkylation sites (N-methyl/N-ethyl adjacent to an activating group) is 1. The summed E-state index contributed by atoms with van der Waals surface area (Å²) in [5, 5.41) is 2.83. The Bertz CT molecular complexity index is 1010. The van der Waals surface area contributed by atoms with Gasteiger partial charge in [0, 0.05) is 37.6 Å². The topological polar surface area (TPSA) is 75.4 Å². The average molecular weight is 395 g/mol. The molecule has 0 spiro atoms. The van der Waals surface area contributed by atoms with Crippen molar-refractivity contribution in [2.24, 2.45) is 0 Å². The van der Waals surface area contributed by atoms with Crippen molar-refractivity contribution in [3.63, 3.8) is 0 Å². The van der Waals surface area contributed by atoms with Crippen molar-refractivity contribution in [2.75, 3.05) is 13.6 Å². The second-order valence-corrected chi connectivity index (χ2v) is 6.91. The molecule has 1 aromatic carbocycles. The molecule has 0 saturated carbocycles. The van der Waals surface area contributed by atoms with Crippen LogP contribution in [0.15, 0.2) is 59.7 Å². The minimum atomic E-state index is -0.325. The van der Waals surface area contributed by atoms with Crippen LogP contribution in [-0.2, 0) is 0 Å². The summed E-state index contributed by atoms with van der Waals surface area (Å²) in [7, 11) is 1.68. The van der Waals surface area contributed by atoms with E-state index in [1.54, 1.807) is 43.3 Å². The summed E-state index contributed by atoms with van der Waals surface area (Å²) in [6.07, 6.45) is 6.03. The zero-order valence-electron chi connectivity index (χ0n) is 16.5. The lowest BCUT2D eigenvalue weighted by molar-refractivity contribution is 0.0730. The van der Waals surface area contributed by atoms with Crippen LogP contribution in [-0.4, -0.2) is 41.3 Å². The van der Waals surface area contributed by atoms with E-state index < -0.39 is 0 Å².